The molecule has 4 heteroatoms. The summed E-state index contributed by atoms with van der Waals surface area (Å²) in [7, 11) is 0. The summed E-state index contributed by atoms with van der Waals surface area (Å²) >= 11 is 0. The van der Waals surface area contributed by atoms with Crippen molar-refractivity contribution in [2.75, 3.05) is 0 Å². The number of unbranched alkanes of at least 4 members (excludes halogenated alkanes) is 7. The minimum Gasteiger partial charge on any atom is -0.481 e. The largest absolute Gasteiger partial charge is 0.481 e. The Morgan fingerprint density at radius 3 is 1.96 bits per heavy atom. The molecular weight excluding hydrogens is 316 g/mol. The fourth-order valence-electron chi connectivity index (χ4n) is 4.32. The molecule has 1 saturated carbocycles. The zero-order chi connectivity index (χ0) is 18.7. The molecule has 0 bridgehead atoms. The summed E-state index contributed by atoms with van der Waals surface area (Å²) in [5.74, 6) is -1.56. The molecule has 1 fully saturated rings. The van der Waals surface area contributed by atoms with Gasteiger partial charge in [0.1, 0.15) is 0 Å². The highest BCUT2D eigenvalue weighted by Gasteiger charge is 2.51. The third-order valence-corrected chi connectivity index (χ3v) is 6.11. The zero-order valence-electron chi connectivity index (χ0n) is 16.3. The van der Waals surface area contributed by atoms with Gasteiger partial charge in [-0.1, -0.05) is 65.2 Å². The first-order chi connectivity index (χ1) is 11.9. The van der Waals surface area contributed by atoms with E-state index in [2.05, 4.69) is 6.92 Å². The SMILES string of the molecule is CCCCCCCCCCC(C(C)C(=O)O)C1(CCCC(=O)O)CC1. The molecule has 25 heavy (non-hydrogen) atoms. The van der Waals surface area contributed by atoms with Crippen molar-refractivity contribution in [2.45, 2.75) is 104 Å². The Balaban J connectivity index is 2.38. The maximum atomic E-state index is 11.5. The molecule has 146 valence electrons. The molecule has 0 aromatic heterocycles. The van der Waals surface area contributed by atoms with E-state index >= 15 is 0 Å². The van der Waals surface area contributed by atoms with E-state index in [0.717, 1.165) is 32.1 Å². The molecule has 2 atom stereocenters. The molecule has 0 heterocycles. The number of carbonyl (C=O) groups is 2. The van der Waals surface area contributed by atoms with Gasteiger partial charge in [0.05, 0.1) is 5.92 Å². The van der Waals surface area contributed by atoms with Crippen LogP contribution in [0.4, 0.5) is 0 Å². The monoisotopic (exact) mass is 354 g/mol. The quantitative estimate of drug-likeness (QED) is 0.339. The van der Waals surface area contributed by atoms with Crippen molar-refractivity contribution in [1.29, 1.82) is 0 Å². The van der Waals surface area contributed by atoms with E-state index in [0.29, 0.717) is 6.42 Å². The lowest BCUT2D eigenvalue weighted by atomic mass is 9.74. The van der Waals surface area contributed by atoms with Crippen LogP contribution in [-0.2, 0) is 9.59 Å². The molecule has 1 aliphatic rings. The summed E-state index contributed by atoms with van der Waals surface area (Å²) in [5, 5.41) is 18.3. The molecule has 0 aliphatic heterocycles. The van der Waals surface area contributed by atoms with Gasteiger partial charge >= 0.3 is 11.9 Å². The van der Waals surface area contributed by atoms with E-state index < -0.39 is 11.9 Å². The Hall–Kier alpha value is -1.06. The molecule has 0 amide bonds. The lowest BCUT2D eigenvalue weighted by molar-refractivity contribution is -0.144. The van der Waals surface area contributed by atoms with Gasteiger partial charge in [0.2, 0.25) is 0 Å². The third kappa shape index (κ3) is 8.24. The molecule has 0 radical (unpaired) electrons. The van der Waals surface area contributed by atoms with E-state index in [9.17, 15) is 14.7 Å². The first-order valence-corrected chi connectivity index (χ1v) is 10.4. The Kier molecular flexibility index (Phi) is 10.1. The lowest BCUT2D eigenvalue weighted by Gasteiger charge is -2.30. The topological polar surface area (TPSA) is 74.6 Å². The molecular formula is C21H38O4. The van der Waals surface area contributed by atoms with Crippen LogP contribution in [0, 0.1) is 17.3 Å². The van der Waals surface area contributed by atoms with Crippen LogP contribution in [0.25, 0.3) is 0 Å². The molecule has 0 spiro atoms. The van der Waals surface area contributed by atoms with Gasteiger partial charge in [-0.25, -0.2) is 0 Å². The van der Waals surface area contributed by atoms with Crippen molar-refractivity contribution >= 4 is 11.9 Å². The fraction of sp³-hybridized carbons (Fsp3) is 0.905. The smallest absolute Gasteiger partial charge is 0.306 e. The van der Waals surface area contributed by atoms with Crippen LogP contribution in [0.1, 0.15) is 104 Å². The van der Waals surface area contributed by atoms with E-state index in [1.807, 2.05) is 6.92 Å². The number of hydrogen-bond acceptors (Lipinski definition) is 2. The third-order valence-electron chi connectivity index (χ3n) is 6.11. The fourth-order valence-corrected chi connectivity index (χ4v) is 4.32. The van der Waals surface area contributed by atoms with Gasteiger partial charge in [-0.2, -0.15) is 0 Å². The van der Waals surface area contributed by atoms with Gasteiger partial charge in [-0.3, -0.25) is 9.59 Å². The van der Waals surface area contributed by atoms with E-state index in [4.69, 9.17) is 5.11 Å². The van der Waals surface area contributed by atoms with Crippen LogP contribution in [0.5, 0.6) is 0 Å². The highest BCUT2D eigenvalue weighted by atomic mass is 16.4. The van der Waals surface area contributed by atoms with Crippen LogP contribution >= 0.6 is 0 Å². The van der Waals surface area contributed by atoms with E-state index in [1.54, 1.807) is 0 Å². The predicted octanol–water partition coefficient (Wildman–Crippen LogP) is 5.89. The molecule has 1 aliphatic carbocycles. The number of rotatable bonds is 16. The average molecular weight is 355 g/mol. The van der Waals surface area contributed by atoms with Crippen LogP contribution in [-0.4, -0.2) is 22.2 Å². The van der Waals surface area contributed by atoms with Gasteiger partial charge in [0.15, 0.2) is 0 Å². The summed E-state index contributed by atoms with van der Waals surface area (Å²) in [5.41, 5.74) is 0.106. The van der Waals surface area contributed by atoms with Crippen molar-refractivity contribution in [3.8, 4) is 0 Å². The lowest BCUT2D eigenvalue weighted by Crippen LogP contribution is -2.29. The molecule has 1 rings (SSSR count). The van der Waals surface area contributed by atoms with Gasteiger partial charge in [0, 0.05) is 6.42 Å². The number of hydrogen-bond donors (Lipinski definition) is 2. The summed E-state index contributed by atoms with van der Waals surface area (Å²) in [4.78, 5) is 22.3. The van der Waals surface area contributed by atoms with E-state index in [1.165, 1.54) is 44.9 Å². The highest BCUT2D eigenvalue weighted by molar-refractivity contribution is 5.70. The Morgan fingerprint density at radius 1 is 0.920 bits per heavy atom. The maximum Gasteiger partial charge on any atom is 0.306 e. The van der Waals surface area contributed by atoms with Crippen LogP contribution in [0.15, 0.2) is 0 Å². The van der Waals surface area contributed by atoms with Gasteiger partial charge < -0.3 is 10.2 Å². The number of aliphatic carboxylic acids is 2. The summed E-state index contributed by atoms with van der Waals surface area (Å²) < 4.78 is 0. The average Bonchev–Trinajstić information content (AvgIpc) is 3.33. The Morgan fingerprint density at radius 2 is 1.48 bits per heavy atom. The number of carboxylic acids is 2. The normalized spacial score (nSPS) is 17.8. The second kappa shape index (κ2) is 11.5. The minimum atomic E-state index is -0.748. The van der Waals surface area contributed by atoms with Crippen LogP contribution < -0.4 is 0 Å². The summed E-state index contributed by atoms with van der Waals surface area (Å²) in [6, 6.07) is 0. The van der Waals surface area contributed by atoms with Crippen molar-refractivity contribution in [2.24, 2.45) is 17.3 Å². The summed E-state index contributed by atoms with van der Waals surface area (Å²) in [6.45, 7) is 4.07. The van der Waals surface area contributed by atoms with Crippen molar-refractivity contribution in [3.05, 3.63) is 0 Å². The zero-order valence-corrected chi connectivity index (χ0v) is 16.3. The summed E-state index contributed by atoms with van der Waals surface area (Å²) in [6.07, 6.45) is 15.0. The minimum absolute atomic E-state index is 0.106. The van der Waals surface area contributed by atoms with Crippen LogP contribution in [0.3, 0.4) is 0 Å². The first kappa shape index (κ1) is 22.0. The second-order valence-corrected chi connectivity index (χ2v) is 8.11. The number of carboxylic acid groups (broad SMARTS) is 2. The molecule has 2 unspecified atom stereocenters. The van der Waals surface area contributed by atoms with Gasteiger partial charge in [-0.15, -0.1) is 0 Å². The van der Waals surface area contributed by atoms with E-state index in [-0.39, 0.29) is 23.7 Å². The molecule has 4 nitrogen and oxygen atoms in total. The standard InChI is InChI=1S/C21H38O4/c1-3-4-5-6-7-8-9-10-12-18(17(2)20(24)25)21(15-16-21)14-11-13-19(22)23/h17-18H,3-16H2,1-2H3,(H,22,23)(H,24,25). The molecule has 0 aromatic carbocycles. The maximum absolute atomic E-state index is 11.5. The molecule has 0 saturated heterocycles. The molecule has 0 aromatic rings. The highest BCUT2D eigenvalue weighted by Crippen LogP contribution is 2.59. The second-order valence-electron chi connectivity index (χ2n) is 8.11. The predicted molar refractivity (Wildman–Crippen MR) is 101 cm³/mol. The van der Waals surface area contributed by atoms with Crippen molar-refractivity contribution < 1.29 is 19.8 Å². The van der Waals surface area contributed by atoms with Crippen molar-refractivity contribution in [3.63, 3.8) is 0 Å². The Labute approximate surface area is 153 Å². The Bertz CT molecular complexity index is 401. The van der Waals surface area contributed by atoms with Gasteiger partial charge in [0.25, 0.3) is 0 Å². The first-order valence-electron chi connectivity index (χ1n) is 10.4. The van der Waals surface area contributed by atoms with Crippen molar-refractivity contribution in [1.82, 2.24) is 0 Å². The van der Waals surface area contributed by atoms with Gasteiger partial charge in [-0.05, 0) is 43.4 Å². The van der Waals surface area contributed by atoms with Crippen LogP contribution in [0.2, 0.25) is 0 Å². The molecule has 2 N–H and O–H groups in total.